The van der Waals surface area contributed by atoms with E-state index in [9.17, 15) is 0 Å². The van der Waals surface area contributed by atoms with Gasteiger partial charge in [-0.25, -0.2) is 0 Å². The summed E-state index contributed by atoms with van der Waals surface area (Å²) in [6.07, 6.45) is 0. The van der Waals surface area contributed by atoms with Crippen LogP contribution in [0, 0.1) is 5.41 Å². The number of fused-ring (bicyclic) bond motifs is 1. The second-order valence-electron chi connectivity index (χ2n) is 3.18. The highest BCUT2D eigenvalue weighted by Gasteiger charge is 2.13. The van der Waals surface area contributed by atoms with E-state index in [-0.39, 0.29) is 0 Å². The molecule has 0 amide bonds. The summed E-state index contributed by atoms with van der Waals surface area (Å²) in [4.78, 5) is 0. The molecule has 0 saturated heterocycles. The van der Waals surface area contributed by atoms with Gasteiger partial charge in [0.15, 0.2) is 5.76 Å². The molecule has 2 rings (SSSR count). The summed E-state index contributed by atoms with van der Waals surface area (Å²) in [6.45, 7) is 1.72. The summed E-state index contributed by atoms with van der Waals surface area (Å²) in [5.41, 5.74) is 2.15. The minimum absolute atomic E-state index is 0.436. The van der Waals surface area contributed by atoms with Crippen molar-refractivity contribution < 1.29 is 4.42 Å². The number of furan rings is 1. The highest BCUT2D eigenvalue weighted by atomic mass is 16.3. The average molecular weight is 188 g/mol. The van der Waals surface area contributed by atoms with Gasteiger partial charge in [-0.05, 0) is 19.1 Å². The topological polar surface area (TPSA) is 49.0 Å². The van der Waals surface area contributed by atoms with Crippen LogP contribution in [0.3, 0.4) is 0 Å². The van der Waals surface area contributed by atoms with Crippen LogP contribution in [0.5, 0.6) is 0 Å². The smallest absolute Gasteiger partial charge is 0.171 e. The predicted molar refractivity (Wildman–Crippen MR) is 58.3 cm³/mol. The average Bonchev–Trinajstić information content (AvgIpc) is 2.56. The van der Waals surface area contributed by atoms with Crippen molar-refractivity contribution in [2.24, 2.45) is 0 Å². The van der Waals surface area contributed by atoms with Crippen molar-refractivity contribution in [1.29, 1.82) is 5.41 Å². The van der Waals surface area contributed by atoms with Gasteiger partial charge in [0.1, 0.15) is 5.58 Å². The van der Waals surface area contributed by atoms with Crippen LogP contribution in [-0.4, -0.2) is 12.8 Å². The number of rotatable bonds is 2. The van der Waals surface area contributed by atoms with Crippen molar-refractivity contribution >= 4 is 22.4 Å². The van der Waals surface area contributed by atoms with Gasteiger partial charge in [0.2, 0.25) is 0 Å². The Hall–Kier alpha value is -1.77. The van der Waals surface area contributed by atoms with Crippen molar-refractivity contribution in [3.63, 3.8) is 0 Å². The van der Waals surface area contributed by atoms with Gasteiger partial charge in [0.05, 0.1) is 11.4 Å². The molecule has 0 aliphatic heterocycles. The number of nitrogens with one attached hydrogen (secondary N) is 2. The van der Waals surface area contributed by atoms with Crippen LogP contribution in [0.1, 0.15) is 12.7 Å². The second-order valence-corrected chi connectivity index (χ2v) is 3.18. The number of benzene rings is 1. The second kappa shape index (κ2) is 3.18. The van der Waals surface area contributed by atoms with E-state index in [1.807, 2.05) is 31.3 Å². The van der Waals surface area contributed by atoms with Crippen LogP contribution in [-0.2, 0) is 0 Å². The fraction of sp³-hybridized carbons (Fsp3) is 0.182. The molecule has 0 spiro atoms. The molecule has 72 valence electrons. The fourth-order valence-electron chi connectivity index (χ4n) is 1.56. The first-order chi connectivity index (χ1) is 6.74. The highest BCUT2D eigenvalue weighted by Crippen LogP contribution is 2.30. The van der Waals surface area contributed by atoms with Crippen LogP contribution in [0.15, 0.2) is 28.7 Å². The van der Waals surface area contributed by atoms with Crippen LogP contribution in [0.2, 0.25) is 0 Å². The number of para-hydroxylation sites is 1. The molecule has 0 aliphatic rings. The summed E-state index contributed by atoms with van der Waals surface area (Å²) in [6, 6.07) is 7.77. The van der Waals surface area contributed by atoms with Crippen LogP contribution in [0.25, 0.3) is 11.0 Å². The van der Waals surface area contributed by atoms with E-state index in [1.165, 1.54) is 0 Å². The Labute approximate surface area is 82.2 Å². The minimum Gasteiger partial charge on any atom is -0.453 e. The predicted octanol–water partition coefficient (Wildman–Crippen LogP) is 2.86. The van der Waals surface area contributed by atoms with E-state index in [2.05, 4.69) is 5.32 Å². The summed E-state index contributed by atoms with van der Waals surface area (Å²) >= 11 is 0. The molecule has 0 aliphatic carbocycles. The Kier molecular flexibility index (Phi) is 2.00. The molecule has 0 fully saturated rings. The van der Waals surface area contributed by atoms with Crippen molar-refractivity contribution in [2.45, 2.75) is 6.92 Å². The van der Waals surface area contributed by atoms with Gasteiger partial charge in [-0.15, -0.1) is 0 Å². The number of anilines is 1. The Bertz CT molecular complexity index is 485. The van der Waals surface area contributed by atoms with E-state index in [0.29, 0.717) is 11.5 Å². The number of hydrogen-bond acceptors (Lipinski definition) is 3. The van der Waals surface area contributed by atoms with E-state index in [4.69, 9.17) is 9.83 Å². The standard InChI is InChI=1S/C11H12N2O/c1-7(12)11-10(13-2)8-5-3-4-6-9(8)14-11/h3-6,12-13H,1-2H3. The highest BCUT2D eigenvalue weighted by molar-refractivity contribution is 6.07. The lowest BCUT2D eigenvalue weighted by atomic mass is 10.2. The van der Waals surface area contributed by atoms with Crippen LogP contribution >= 0.6 is 0 Å². The summed E-state index contributed by atoms with van der Waals surface area (Å²) in [7, 11) is 1.84. The molecule has 2 N–H and O–H groups in total. The SMILES string of the molecule is CNc1c(C(C)=N)oc2ccccc12. The lowest BCUT2D eigenvalue weighted by Gasteiger charge is -1.98. The normalized spacial score (nSPS) is 10.4. The van der Waals surface area contributed by atoms with Crippen molar-refractivity contribution in [3.05, 3.63) is 30.0 Å². The van der Waals surface area contributed by atoms with Gasteiger partial charge in [-0.2, -0.15) is 0 Å². The molecule has 2 aromatic rings. The molecular weight excluding hydrogens is 176 g/mol. The molecule has 0 saturated carbocycles. The maximum atomic E-state index is 7.58. The van der Waals surface area contributed by atoms with Gasteiger partial charge in [-0.3, -0.25) is 0 Å². The zero-order chi connectivity index (χ0) is 10.1. The molecule has 1 aromatic heterocycles. The Morgan fingerprint density at radius 1 is 1.36 bits per heavy atom. The third-order valence-electron chi connectivity index (χ3n) is 2.19. The first-order valence-corrected chi connectivity index (χ1v) is 4.49. The summed E-state index contributed by atoms with van der Waals surface area (Å²) in [5.74, 6) is 0.619. The monoisotopic (exact) mass is 188 g/mol. The summed E-state index contributed by atoms with van der Waals surface area (Å²) < 4.78 is 5.56. The van der Waals surface area contributed by atoms with E-state index in [0.717, 1.165) is 16.7 Å². The van der Waals surface area contributed by atoms with Crippen LogP contribution in [0.4, 0.5) is 5.69 Å². The molecule has 14 heavy (non-hydrogen) atoms. The molecule has 0 atom stereocenters. The van der Waals surface area contributed by atoms with Gasteiger partial charge < -0.3 is 15.1 Å². The van der Waals surface area contributed by atoms with Gasteiger partial charge in [-0.1, -0.05) is 12.1 Å². The Balaban J connectivity index is 2.78. The summed E-state index contributed by atoms with van der Waals surface area (Å²) in [5, 5.41) is 11.7. The minimum atomic E-state index is 0.436. The van der Waals surface area contributed by atoms with Crippen molar-refractivity contribution in [1.82, 2.24) is 0 Å². The van der Waals surface area contributed by atoms with Crippen molar-refractivity contribution in [2.75, 3.05) is 12.4 Å². The maximum absolute atomic E-state index is 7.58. The van der Waals surface area contributed by atoms with Gasteiger partial charge in [0, 0.05) is 12.4 Å². The van der Waals surface area contributed by atoms with Crippen molar-refractivity contribution in [3.8, 4) is 0 Å². The number of hydrogen-bond donors (Lipinski definition) is 2. The molecule has 0 bridgehead atoms. The third-order valence-corrected chi connectivity index (χ3v) is 2.19. The molecule has 1 aromatic carbocycles. The maximum Gasteiger partial charge on any atom is 0.171 e. The Morgan fingerprint density at radius 3 is 2.71 bits per heavy atom. The third kappa shape index (κ3) is 1.18. The van der Waals surface area contributed by atoms with Gasteiger partial charge >= 0.3 is 0 Å². The Morgan fingerprint density at radius 2 is 2.07 bits per heavy atom. The molecule has 1 heterocycles. The molecule has 3 nitrogen and oxygen atoms in total. The molecule has 0 radical (unpaired) electrons. The largest absolute Gasteiger partial charge is 0.453 e. The lowest BCUT2D eigenvalue weighted by molar-refractivity contribution is 0.605. The van der Waals surface area contributed by atoms with E-state index >= 15 is 0 Å². The molecule has 3 heteroatoms. The zero-order valence-corrected chi connectivity index (χ0v) is 8.22. The van der Waals surface area contributed by atoms with E-state index in [1.54, 1.807) is 6.92 Å². The zero-order valence-electron chi connectivity index (χ0n) is 8.22. The lowest BCUT2D eigenvalue weighted by Crippen LogP contribution is -1.96. The molecule has 0 unspecified atom stereocenters. The van der Waals surface area contributed by atoms with Crippen LogP contribution < -0.4 is 5.32 Å². The van der Waals surface area contributed by atoms with Gasteiger partial charge in [0.25, 0.3) is 0 Å². The quantitative estimate of drug-likeness (QED) is 0.712. The van der Waals surface area contributed by atoms with E-state index < -0.39 is 0 Å². The molecular formula is C11H12N2O. The first kappa shape index (κ1) is 8.81. The fourth-order valence-corrected chi connectivity index (χ4v) is 1.56. The first-order valence-electron chi connectivity index (χ1n) is 4.49.